The lowest BCUT2D eigenvalue weighted by Crippen LogP contribution is -2.54. The summed E-state index contributed by atoms with van der Waals surface area (Å²) in [6, 6.07) is 0. The van der Waals surface area contributed by atoms with Crippen molar-refractivity contribution in [2.45, 2.75) is 25.1 Å². The van der Waals surface area contributed by atoms with Gasteiger partial charge in [-0.05, 0) is 21.0 Å². The third-order valence-corrected chi connectivity index (χ3v) is 2.09. The van der Waals surface area contributed by atoms with Gasteiger partial charge < -0.3 is 5.11 Å². The minimum absolute atomic E-state index is 0. The summed E-state index contributed by atoms with van der Waals surface area (Å²) < 4.78 is 37.2. The topological polar surface area (TPSA) is 40.5 Å². The Labute approximate surface area is 86.3 Å². The number of nitrogens with zero attached hydrogens (tertiary/aromatic N) is 1. The van der Waals surface area contributed by atoms with E-state index in [0.717, 1.165) is 11.8 Å². The molecule has 0 heterocycles. The van der Waals surface area contributed by atoms with Crippen molar-refractivity contribution < 1.29 is 23.1 Å². The first-order valence-electron chi connectivity index (χ1n) is 3.57. The van der Waals surface area contributed by atoms with Crippen molar-refractivity contribution in [3.05, 3.63) is 0 Å². The molecule has 0 spiro atoms. The third kappa shape index (κ3) is 3.34. The molecule has 0 rings (SSSR count). The molecule has 0 aliphatic rings. The molecule has 14 heavy (non-hydrogen) atoms. The second-order valence-electron chi connectivity index (χ2n) is 3.24. The summed E-state index contributed by atoms with van der Waals surface area (Å²) in [5.41, 5.74) is -2.31. The van der Waals surface area contributed by atoms with Crippen LogP contribution in [0.1, 0.15) is 13.3 Å². The predicted octanol–water partition coefficient (Wildman–Crippen LogP) is 1.77. The highest BCUT2D eigenvalue weighted by molar-refractivity contribution is 5.85. The first-order valence-corrected chi connectivity index (χ1v) is 3.57. The van der Waals surface area contributed by atoms with Crippen LogP contribution in [0.2, 0.25) is 0 Å². The van der Waals surface area contributed by atoms with E-state index < -0.39 is 24.1 Å². The molecule has 0 aromatic rings. The molecule has 1 atom stereocenters. The zero-order valence-electron chi connectivity index (χ0n) is 8.05. The zero-order valence-corrected chi connectivity index (χ0v) is 8.87. The number of aliphatic carboxylic acids is 1. The van der Waals surface area contributed by atoms with Crippen LogP contribution < -0.4 is 0 Å². The lowest BCUT2D eigenvalue weighted by atomic mass is 9.96. The van der Waals surface area contributed by atoms with Crippen LogP contribution in [0.5, 0.6) is 0 Å². The highest BCUT2D eigenvalue weighted by Gasteiger charge is 2.53. The van der Waals surface area contributed by atoms with Gasteiger partial charge in [0.15, 0.2) is 0 Å². The summed E-state index contributed by atoms with van der Waals surface area (Å²) in [7, 11) is 2.41. The molecule has 0 aromatic heterocycles. The van der Waals surface area contributed by atoms with E-state index in [-0.39, 0.29) is 12.4 Å². The van der Waals surface area contributed by atoms with Crippen molar-refractivity contribution in [1.29, 1.82) is 0 Å². The fraction of sp³-hybridized carbons (Fsp3) is 0.857. The second-order valence-corrected chi connectivity index (χ2v) is 3.24. The van der Waals surface area contributed by atoms with E-state index in [1.54, 1.807) is 0 Å². The molecule has 1 unspecified atom stereocenters. The maximum Gasteiger partial charge on any atom is 0.407 e. The standard InChI is InChI=1S/C7H12F3NO2.ClH/c1-6(11(2)3,4-5(12)13)7(8,9)10;/h4H2,1-3H3,(H,12,13);1H. The first-order chi connectivity index (χ1) is 5.61. The fourth-order valence-corrected chi connectivity index (χ4v) is 0.806. The van der Waals surface area contributed by atoms with Gasteiger partial charge in [0.2, 0.25) is 0 Å². The van der Waals surface area contributed by atoms with Crippen LogP contribution in [0.4, 0.5) is 13.2 Å². The van der Waals surface area contributed by atoms with E-state index in [0.29, 0.717) is 0 Å². The smallest absolute Gasteiger partial charge is 0.407 e. The lowest BCUT2D eigenvalue weighted by Gasteiger charge is -2.36. The maximum atomic E-state index is 12.4. The zero-order chi connectivity index (χ0) is 10.9. The third-order valence-electron chi connectivity index (χ3n) is 2.09. The van der Waals surface area contributed by atoms with E-state index >= 15 is 0 Å². The highest BCUT2D eigenvalue weighted by atomic mass is 35.5. The van der Waals surface area contributed by atoms with Gasteiger partial charge in [-0.25, -0.2) is 0 Å². The number of alkyl halides is 3. The normalized spacial score (nSPS) is 15.9. The second kappa shape index (κ2) is 4.84. The van der Waals surface area contributed by atoms with Crippen molar-refractivity contribution in [1.82, 2.24) is 4.90 Å². The average Bonchev–Trinajstić information content (AvgIpc) is 1.82. The number of carboxylic acids is 1. The molecule has 0 amide bonds. The van der Waals surface area contributed by atoms with Crippen molar-refractivity contribution in [2.75, 3.05) is 14.1 Å². The van der Waals surface area contributed by atoms with Crippen molar-refractivity contribution in [3.63, 3.8) is 0 Å². The number of rotatable bonds is 3. The molecule has 0 saturated carbocycles. The Bertz CT molecular complexity index is 208. The van der Waals surface area contributed by atoms with Gasteiger partial charge in [-0.15, -0.1) is 12.4 Å². The Morgan fingerprint density at radius 1 is 1.36 bits per heavy atom. The van der Waals surface area contributed by atoms with Gasteiger partial charge in [-0.1, -0.05) is 0 Å². The molecule has 7 heteroatoms. The Morgan fingerprint density at radius 2 is 1.71 bits per heavy atom. The van der Waals surface area contributed by atoms with Gasteiger partial charge in [0.05, 0.1) is 6.42 Å². The van der Waals surface area contributed by atoms with E-state index in [1.165, 1.54) is 14.1 Å². The monoisotopic (exact) mass is 235 g/mol. The van der Waals surface area contributed by atoms with E-state index in [1.807, 2.05) is 0 Å². The number of halogens is 4. The van der Waals surface area contributed by atoms with Crippen molar-refractivity contribution >= 4 is 18.4 Å². The minimum Gasteiger partial charge on any atom is -0.481 e. The highest BCUT2D eigenvalue weighted by Crippen LogP contribution is 2.36. The molecule has 0 radical (unpaired) electrons. The molecule has 86 valence electrons. The van der Waals surface area contributed by atoms with E-state index in [9.17, 15) is 18.0 Å². The van der Waals surface area contributed by atoms with Crippen LogP contribution in [0, 0.1) is 0 Å². The fourth-order valence-electron chi connectivity index (χ4n) is 0.806. The van der Waals surface area contributed by atoms with Gasteiger partial charge in [-0.3, -0.25) is 9.69 Å². The van der Waals surface area contributed by atoms with Crippen LogP contribution >= 0.6 is 12.4 Å². The van der Waals surface area contributed by atoms with Crippen LogP contribution in [0.15, 0.2) is 0 Å². The number of carboxylic acid groups (broad SMARTS) is 1. The van der Waals surface area contributed by atoms with Crippen LogP contribution in [0.3, 0.4) is 0 Å². The number of hydrogen-bond donors (Lipinski definition) is 1. The predicted molar refractivity (Wildman–Crippen MR) is 47.6 cm³/mol. The summed E-state index contributed by atoms with van der Waals surface area (Å²) in [4.78, 5) is 11.1. The Balaban J connectivity index is 0. The molecule has 0 aromatic carbocycles. The summed E-state index contributed by atoms with van der Waals surface area (Å²) in [6.45, 7) is 0.862. The van der Waals surface area contributed by atoms with E-state index in [2.05, 4.69) is 0 Å². The molecule has 0 saturated heterocycles. The van der Waals surface area contributed by atoms with Crippen molar-refractivity contribution in [2.24, 2.45) is 0 Å². The van der Waals surface area contributed by atoms with Gasteiger partial charge in [0, 0.05) is 0 Å². The maximum absolute atomic E-state index is 12.4. The molecular formula is C7H13ClF3NO2. The summed E-state index contributed by atoms with van der Waals surface area (Å²) in [5.74, 6) is -1.46. The largest absolute Gasteiger partial charge is 0.481 e. The molecule has 3 nitrogen and oxygen atoms in total. The number of hydrogen-bond acceptors (Lipinski definition) is 2. The average molecular weight is 236 g/mol. The first kappa shape index (κ1) is 16.0. The molecule has 0 aliphatic carbocycles. The van der Waals surface area contributed by atoms with E-state index in [4.69, 9.17) is 5.11 Å². The molecule has 0 fully saturated rings. The Kier molecular flexibility index (Phi) is 5.51. The Hall–Kier alpha value is -0.490. The lowest BCUT2D eigenvalue weighted by molar-refractivity contribution is -0.223. The number of carbonyl (C=O) groups is 1. The quantitative estimate of drug-likeness (QED) is 0.811. The molecular weight excluding hydrogens is 223 g/mol. The van der Waals surface area contributed by atoms with Gasteiger partial charge in [0.1, 0.15) is 5.54 Å². The van der Waals surface area contributed by atoms with Gasteiger partial charge >= 0.3 is 12.1 Å². The van der Waals surface area contributed by atoms with Crippen LogP contribution in [-0.2, 0) is 4.79 Å². The molecule has 1 N–H and O–H groups in total. The summed E-state index contributed by atoms with van der Waals surface area (Å²) in [6.07, 6.45) is -5.50. The molecule has 0 aliphatic heterocycles. The SMILES string of the molecule is CN(C)C(C)(CC(=O)O)C(F)(F)F.Cl. The molecule has 0 bridgehead atoms. The van der Waals surface area contributed by atoms with Gasteiger partial charge in [-0.2, -0.15) is 13.2 Å². The van der Waals surface area contributed by atoms with Crippen molar-refractivity contribution in [3.8, 4) is 0 Å². The summed E-state index contributed by atoms with van der Waals surface area (Å²) in [5, 5.41) is 8.33. The van der Waals surface area contributed by atoms with Crippen LogP contribution in [0.25, 0.3) is 0 Å². The summed E-state index contributed by atoms with van der Waals surface area (Å²) >= 11 is 0. The minimum atomic E-state index is -4.55. The Morgan fingerprint density at radius 3 is 1.79 bits per heavy atom. The van der Waals surface area contributed by atoms with Gasteiger partial charge in [0.25, 0.3) is 0 Å². The van der Waals surface area contributed by atoms with Crippen LogP contribution in [-0.4, -0.2) is 41.8 Å².